The molecule has 5 atom stereocenters. The van der Waals surface area contributed by atoms with Crippen LogP contribution in [-0.2, 0) is 44.7 Å². The standard InChI is InChI=1S/C24H32FNO10/c1-12-19(32-13(2)27)20(33-14(3)28)21(34-15(4)29)22(31-12)35-18-9-8-17(10-16(18)11-25)26-23(30)36-24(5,6)7/h8-10,12,19-22H,11H2,1-7H3,(H,26,30)/t12-,19-,20+,21-,22-/m0/s1. The van der Waals surface area contributed by atoms with E-state index in [0.29, 0.717) is 0 Å². The maximum atomic E-state index is 13.9. The molecule has 0 radical (unpaired) electrons. The molecular weight excluding hydrogens is 481 g/mol. The Morgan fingerprint density at radius 2 is 1.50 bits per heavy atom. The summed E-state index contributed by atoms with van der Waals surface area (Å²) in [5.74, 6) is -2.10. The molecule has 0 aromatic heterocycles. The Morgan fingerprint density at radius 1 is 0.944 bits per heavy atom. The Hall–Kier alpha value is -3.41. The molecule has 36 heavy (non-hydrogen) atoms. The number of hydrogen-bond donors (Lipinski definition) is 1. The third-order valence-electron chi connectivity index (χ3n) is 4.73. The molecule has 1 saturated heterocycles. The highest BCUT2D eigenvalue weighted by molar-refractivity contribution is 5.85. The van der Waals surface area contributed by atoms with Crippen molar-refractivity contribution in [3.05, 3.63) is 23.8 Å². The van der Waals surface area contributed by atoms with E-state index < -0.39 is 67.0 Å². The Bertz CT molecular complexity index is 976. The van der Waals surface area contributed by atoms with Crippen molar-refractivity contribution in [1.82, 2.24) is 0 Å². The zero-order valence-electron chi connectivity index (χ0n) is 21.3. The molecule has 200 valence electrons. The van der Waals surface area contributed by atoms with E-state index in [-0.39, 0.29) is 17.0 Å². The van der Waals surface area contributed by atoms with Crippen molar-refractivity contribution < 1.29 is 52.0 Å². The van der Waals surface area contributed by atoms with Crippen LogP contribution in [0.15, 0.2) is 18.2 Å². The first-order valence-electron chi connectivity index (χ1n) is 11.2. The van der Waals surface area contributed by atoms with Crippen molar-refractivity contribution in [3.8, 4) is 5.75 Å². The van der Waals surface area contributed by atoms with Gasteiger partial charge in [0.25, 0.3) is 0 Å². The number of nitrogens with one attached hydrogen (secondary N) is 1. The predicted octanol–water partition coefficient (Wildman–Crippen LogP) is 3.42. The van der Waals surface area contributed by atoms with Crippen LogP contribution in [0.25, 0.3) is 0 Å². The van der Waals surface area contributed by atoms with Gasteiger partial charge in [-0.2, -0.15) is 0 Å². The monoisotopic (exact) mass is 513 g/mol. The van der Waals surface area contributed by atoms with Gasteiger partial charge in [0.2, 0.25) is 12.4 Å². The quantitative estimate of drug-likeness (QED) is 0.427. The van der Waals surface area contributed by atoms with Gasteiger partial charge in [-0.15, -0.1) is 0 Å². The van der Waals surface area contributed by atoms with Crippen LogP contribution in [0.2, 0.25) is 0 Å². The number of esters is 3. The summed E-state index contributed by atoms with van der Waals surface area (Å²) in [6.07, 6.45) is -6.63. The van der Waals surface area contributed by atoms with Gasteiger partial charge in [0.05, 0.1) is 6.10 Å². The normalized spacial score (nSPS) is 23.7. The summed E-state index contributed by atoms with van der Waals surface area (Å²) in [6.45, 7) is 9.13. The zero-order chi connectivity index (χ0) is 27.2. The van der Waals surface area contributed by atoms with Crippen LogP contribution in [0.1, 0.15) is 54.0 Å². The van der Waals surface area contributed by atoms with Gasteiger partial charge in [0.1, 0.15) is 18.0 Å². The molecule has 1 heterocycles. The van der Waals surface area contributed by atoms with Gasteiger partial charge in [0.15, 0.2) is 12.2 Å². The minimum Gasteiger partial charge on any atom is -0.460 e. The van der Waals surface area contributed by atoms with E-state index in [1.54, 1.807) is 27.7 Å². The molecule has 0 bridgehead atoms. The van der Waals surface area contributed by atoms with Crippen molar-refractivity contribution in [2.45, 2.75) is 91.4 Å². The number of halogens is 1. The molecule has 0 saturated carbocycles. The zero-order valence-corrected chi connectivity index (χ0v) is 21.3. The number of carbonyl (C=O) groups excluding carboxylic acids is 4. The third kappa shape index (κ3) is 8.36. The Kier molecular flexibility index (Phi) is 9.62. The first-order chi connectivity index (χ1) is 16.7. The van der Waals surface area contributed by atoms with Crippen molar-refractivity contribution in [2.75, 3.05) is 5.32 Å². The molecule has 1 aliphatic rings. The summed E-state index contributed by atoms with van der Waals surface area (Å²) in [5.41, 5.74) is -0.418. The van der Waals surface area contributed by atoms with Gasteiger partial charge in [0, 0.05) is 32.0 Å². The van der Waals surface area contributed by atoms with E-state index in [1.807, 2.05) is 0 Å². The second kappa shape index (κ2) is 12.0. The summed E-state index contributed by atoms with van der Waals surface area (Å²) in [5, 5.41) is 2.51. The number of hydrogen-bond acceptors (Lipinski definition) is 10. The highest BCUT2D eigenvalue weighted by Crippen LogP contribution is 2.32. The molecule has 0 unspecified atom stereocenters. The maximum absolute atomic E-state index is 13.9. The predicted molar refractivity (Wildman–Crippen MR) is 123 cm³/mol. The number of ether oxygens (including phenoxy) is 6. The molecule has 1 aliphatic heterocycles. The smallest absolute Gasteiger partial charge is 0.412 e. The largest absolute Gasteiger partial charge is 0.460 e. The molecule has 1 fully saturated rings. The number of rotatable bonds is 7. The lowest BCUT2D eigenvalue weighted by Gasteiger charge is -2.43. The number of amides is 1. The van der Waals surface area contributed by atoms with Crippen LogP contribution in [0.5, 0.6) is 5.75 Å². The third-order valence-corrected chi connectivity index (χ3v) is 4.73. The lowest BCUT2D eigenvalue weighted by Crippen LogP contribution is -2.62. The highest BCUT2D eigenvalue weighted by Gasteiger charge is 2.51. The topological polar surface area (TPSA) is 136 Å². The first-order valence-corrected chi connectivity index (χ1v) is 11.2. The molecular formula is C24H32FNO10. The van der Waals surface area contributed by atoms with Gasteiger partial charge in [-0.3, -0.25) is 19.7 Å². The van der Waals surface area contributed by atoms with E-state index in [0.717, 1.165) is 13.8 Å². The molecule has 0 aliphatic carbocycles. The molecule has 1 aromatic rings. The first kappa shape index (κ1) is 28.8. The van der Waals surface area contributed by atoms with E-state index in [2.05, 4.69) is 5.32 Å². The second-order valence-electron chi connectivity index (χ2n) is 9.13. The SMILES string of the molecule is CC(=O)O[C@H]1[C@H](OC(C)=O)[C@H](Oc2ccc(NC(=O)OC(C)(C)C)cc2CF)O[C@@H](C)[C@@H]1OC(C)=O. The fraction of sp³-hybridized carbons (Fsp3) is 0.583. The fourth-order valence-electron chi connectivity index (χ4n) is 3.49. The Labute approximate surface area is 208 Å². The number of benzene rings is 1. The number of carbonyl (C=O) groups is 4. The summed E-state index contributed by atoms with van der Waals surface area (Å²) in [7, 11) is 0. The minimum absolute atomic E-state index is 0.0223. The summed E-state index contributed by atoms with van der Waals surface area (Å²) < 4.78 is 46.6. The number of anilines is 1. The summed E-state index contributed by atoms with van der Waals surface area (Å²) >= 11 is 0. The molecule has 12 heteroatoms. The second-order valence-corrected chi connectivity index (χ2v) is 9.13. The van der Waals surface area contributed by atoms with Crippen LogP contribution < -0.4 is 10.1 Å². The average molecular weight is 514 g/mol. The van der Waals surface area contributed by atoms with E-state index in [4.69, 9.17) is 28.4 Å². The summed E-state index contributed by atoms with van der Waals surface area (Å²) in [6, 6.07) is 4.19. The van der Waals surface area contributed by atoms with Crippen molar-refractivity contribution in [2.24, 2.45) is 0 Å². The van der Waals surface area contributed by atoms with Crippen molar-refractivity contribution in [1.29, 1.82) is 0 Å². The van der Waals surface area contributed by atoms with Gasteiger partial charge in [-0.25, -0.2) is 9.18 Å². The van der Waals surface area contributed by atoms with Gasteiger partial charge >= 0.3 is 24.0 Å². The lowest BCUT2D eigenvalue weighted by molar-refractivity contribution is -0.280. The minimum atomic E-state index is -1.35. The van der Waals surface area contributed by atoms with E-state index in [9.17, 15) is 23.6 Å². The van der Waals surface area contributed by atoms with Crippen molar-refractivity contribution in [3.63, 3.8) is 0 Å². The maximum Gasteiger partial charge on any atom is 0.412 e. The van der Waals surface area contributed by atoms with Crippen LogP contribution >= 0.6 is 0 Å². The van der Waals surface area contributed by atoms with E-state index in [1.165, 1.54) is 25.1 Å². The van der Waals surface area contributed by atoms with Crippen molar-refractivity contribution >= 4 is 29.7 Å². The molecule has 1 aromatic carbocycles. The Balaban J connectivity index is 2.34. The average Bonchev–Trinajstić information content (AvgIpc) is 2.72. The lowest BCUT2D eigenvalue weighted by atomic mass is 9.98. The van der Waals surface area contributed by atoms with Gasteiger partial charge in [-0.05, 0) is 45.9 Å². The summed E-state index contributed by atoms with van der Waals surface area (Å²) in [4.78, 5) is 47.3. The fourth-order valence-corrected chi connectivity index (χ4v) is 3.49. The molecule has 1 N–H and O–H groups in total. The van der Waals surface area contributed by atoms with Crippen LogP contribution in [0.4, 0.5) is 14.9 Å². The molecule has 11 nitrogen and oxygen atoms in total. The van der Waals surface area contributed by atoms with Crippen LogP contribution in [0.3, 0.4) is 0 Å². The van der Waals surface area contributed by atoms with Gasteiger partial charge < -0.3 is 28.4 Å². The van der Waals surface area contributed by atoms with Gasteiger partial charge in [-0.1, -0.05) is 0 Å². The van der Waals surface area contributed by atoms with Crippen LogP contribution in [-0.4, -0.2) is 60.3 Å². The molecule has 0 spiro atoms. The Morgan fingerprint density at radius 3 is 2.03 bits per heavy atom. The van der Waals surface area contributed by atoms with E-state index >= 15 is 0 Å². The molecule has 1 amide bonds. The number of alkyl halides is 1. The molecule has 2 rings (SSSR count). The van der Waals surface area contributed by atoms with Crippen LogP contribution in [0, 0.1) is 0 Å². The highest BCUT2D eigenvalue weighted by atomic mass is 19.1.